The first kappa shape index (κ1) is 19.8. The van der Waals surface area contributed by atoms with E-state index in [1.807, 2.05) is 31.2 Å². The number of carboxylic acid groups (broad SMARTS) is 1. The topological polar surface area (TPSA) is 97.5 Å². The Morgan fingerprint density at radius 3 is 2.76 bits per heavy atom. The molecule has 0 bridgehead atoms. The maximum Gasteiger partial charge on any atom is 0.305 e. The lowest BCUT2D eigenvalue weighted by molar-refractivity contribution is -0.137. The lowest BCUT2D eigenvalue weighted by atomic mass is 9.95. The highest BCUT2D eigenvalue weighted by Crippen LogP contribution is 2.47. The van der Waals surface area contributed by atoms with E-state index in [1.54, 1.807) is 12.3 Å². The van der Waals surface area contributed by atoms with Crippen molar-refractivity contribution < 1.29 is 22.7 Å². The van der Waals surface area contributed by atoms with E-state index in [9.17, 15) is 18.3 Å². The van der Waals surface area contributed by atoms with E-state index in [2.05, 4.69) is 4.98 Å². The van der Waals surface area contributed by atoms with Gasteiger partial charge in [-0.2, -0.15) is 0 Å². The van der Waals surface area contributed by atoms with Crippen LogP contribution in [-0.2, 0) is 19.4 Å². The van der Waals surface area contributed by atoms with Gasteiger partial charge in [-0.25, -0.2) is 13.4 Å². The van der Waals surface area contributed by atoms with E-state index in [-0.39, 0.29) is 5.75 Å². The molecule has 1 N–H and O–H groups in total. The molecule has 2 aromatic heterocycles. The van der Waals surface area contributed by atoms with Gasteiger partial charge < -0.3 is 9.52 Å². The minimum absolute atomic E-state index is 0.0402. The Morgan fingerprint density at radius 2 is 2.10 bits per heavy atom. The van der Waals surface area contributed by atoms with Crippen molar-refractivity contribution in [3.8, 4) is 21.8 Å². The summed E-state index contributed by atoms with van der Waals surface area (Å²) < 4.78 is 29.9. The van der Waals surface area contributed by atoms with Crippen LogP contribution in [0.25, 0.3) is 21.8 Å². The number of benzene rings is 1. The first-order valence-corrected chi connectivity index (χ1v) is 11.8. The molecule has 29 heavy (non-hydrogen) atoms. The number of thiophene rings is 1. The third-order valence-electron chi connectivity index (χ3n) is 5.54. The van der Waals surface area contributed by atoms with Crippen LogP contribution in [0.3, 0.4) is 0 Å². The summed E-state index contributed by atoms with van der Waals surface area (Å²) in [6.07, 6.45) is 4.31. The summed E-state index contributed by atoms with van der Waals surface area (Å²) in [4.78, 5) is 17.0. The first-order valence-electron chi connectivity index (χ1n) is 9.37. The average molecular weight is 432 g/mol. The first-order chi connectivity index (χ1) is 13.8. The molecule has 8 heteroatoms. The van der Waals surface area contributed by atoms with E-state index in [0.717, 1.165) is 21.6 Å². The molecule has 1 atom stereocenters. The van der Waals surface area contributed by atoms with Gasteiger partial charge in [-0.3, -0.25) is 4.79 Å². The van der Waals surface area contributed by atoms with Crippen molar-refractivity contribution in [2.75, 3.05) is 5.75 Å². The van der Waals surface area contributed by atoms with E-state index < -0.39 is 27.0 Å². The lowest BCUT2D eigenvalue weighted by Crippen LogP contribution is -2.41. The zero-order valence-corrected chi connectivity index (χ0v) is 17.6. The van der Waals surface area contributed by atoms with Crippen LogP contribution in [0.2, 0.25) is 0 Å². The molecule has 0 spiro atoms. The fraction of sp³-hybridized carbons (Fsp3) is 0.333. The minimum atomic E-state index is -3.54. The molecule has 1 aromatic carbocycles. The Hall–Kier alpha value is -2.45. The SMILES string of the molecule is Cc1cc(-c2ccc([C@@]3(CC(=O)O)CCCCS3(=O)=O)s2)ccc1-c1cnco1. The van der Waals surface area contributed by atoms with Crippen LogP contribution >= 0.6 is 11.3 Å². The average Bonchev–Trinajstić information content (AvgIpc) is 3.35. The minimum Gasteiger partial charge on any atom is -0.481 e. The molecule has 1 aliphatic rings. The summed E-state index contributed by atoms with van der Waals surface area (Å²) in [5.41, 5.74) is 2.92. The second-order valence-electron chi connectivity index (χ2n) is 7.40. The van der Waals surface area contributed by atoms with Crippen molar-refractivity contribution in [2.45, 2.75) is 37.4 Å². The number of aliphatic carboxylic acids is 1. The summed E-state index contributed by atoms with van der Waals surface area (Å²) in [6.45, 7) is 1.98. The molecule has 1 fully saturated rings. The summed E-state index contributed by atoms with van der Waals surface area (Å²) in [6, 6.07) is 9.60. The molecule has 0 aliphatic carbocycles. The molecule has 3 aromatic rings. The molecular formula is C21H21NO5S2. The monoisotopic (exact) mass is 431 g/mol. The molecule has 152 valence electrons. The second kappa shape index (κ2) is 7.42. The Kier molecular flexibility index (Phi) is 5.08. The van der Waals surface area contributed by atoms with Crippen LogP contribution < -0.4 is 0 Å². The summed E-state index contributed by atoms with van der Waals surface area (Å²) >= 11 is 1.37. The maximum atomic E-state index is 12.9. The predicted octanol–water partition coefficient (Wildman–Crippen LogP) is 4.65. The van der Waals surface area contributed by atoms with Gasteiger partial charge in [0, 0.05) is 15.3 Å². The zero-order valence-electron chi connectivity index (χ0n) is 15.9. The van der Waals surface area contributed by atoms with Gasteiger partial charge in [0.1, 0.15) is 4.75 Å². The van der Waals surface area contributed by atoms with Gasteiger partial charge in [0.25, 0.3) is 0 Å². The van der Waals surface area contributed by atoms with Crippen LogP contribution in [0.4, 0.5) is 0 Å². The van der Waals surface area contributed by atoms with Gasteiger partial charge in [0.2, 0.25) is 0 Å². The number of nitrogens with zero attached hydrogens (tertiary/aromatic N) is 1. The smallest absolute Gasteiger partial charge is 0.305 e. The third-order valence-corrected chi connectivity index (χ3v) is 9.59. The van der Waals surface area contributed by atoms with Gasteiger partial charge in [0.05, 0.1) is 18.4 Å². The van der Waals surface area contributed by atoms with Crippen molar-refractivity contribution >= 4 is 27.1 Å². The van der Waals surface area contributed by atoms with Crippen LogP contribution in [0, 0.1) is 6.92 Å². The van der Waals surface area contributed by atoms with E-state index in [4.69, 9.17) is 4.42 Å². The molecule has 4 rings (SSSR count). The Balaban J connectivity index is 1.74. The molecule has 0 saturated carbocycles. The lowest BCUT2D eigenvalue weighted by Gasteiger charge is -2.34. The number of carbonyl (C=O) groups is 1. The predicted molar refractivity (Wildman–Crippen MR) is 112 cm³/mol. The normalized spacial score (nSPS) is 21.1. The number of hydrogen-bond donors (Lipinski definition) is 1. The standard InChI is InChI=1S/C21H21NO5S2/c1-14-10-15(4-5-16(14)17-12-22-13-27-17)18-6-7-19(28-18)21(11-20(23)24)8-2-3-9-29(21,25)26/h4-7,10,12-13H,2-3,8-9,11H2,1H3,(H,23,24)/t21-/m0/s1. The molecule has 1 aliphatic heterocycles. The third kappa shape index (κ3) is 3.51. The molecule has 0 amide bonds. The number of oxazole rings is 1. The quantitative estimate of drug-likeness (QED) is 0.632. The van der Waals surface area contributed by atoms with Gasteiger partial charge >= 0.3 is 5.97 Å². The highest BCUT2D eigenvalue weighted by molar-refractivity contribution is 7.92. The fourth-order valence-electron chi connectivity index (χ4n) is 4.04. The number of aromatic nitrogens is 1. The number of rotatable bonds is 5. The molecule has 1 saturated heterocycles. The summed E-state index contributed by atoms with van der Waals surface area (Å²) in [7, 11) is -3.54. The Labute approximate surface area is 173 Å². The summed E-state index contributed by atoms with van der Waals surface area (Å²) in [5, 5.41) is 9.43. The van der Waals surface area contributed by atoms with Crippen LogP contribution in [0.15, 0.2) is 47.3 Å². The van der Waals surface area contributed by atoms with Gasteiger partial charge in [-0.05, 0) is 49.1 Å². The van der Waals surface area contributed by atoms with E-state index in [0.29, 0.717) is 29.9 Å². The van der Waals surface area contributed by atoms with Gasteiger partial charge in [0.15, 0.2) is 22.0 Å². The van der Waals surface area contributed by atoms with Crippen molar-refractivity contribution in [2.24, 2.45) is 0 Å². The zero-order chi connectivity index (χ0) is 20.6. The van der Waals surface area contributed by atoms with Crippen LogP contribution in [0.1, 0.15) is 36.1 Å². The maximum absolute atomic E-state index is 12.9. The number of carboxylic acids is 1. The molecule has 6 nitrogen and oxygen atoms in total. The van der Waals surface area contributed by atoms with Crippen LogP contribution in [0.5, 0.6) is 0 Å². The van der Waals surface area contributed by atoms with Crippen LogP contribution in [-0.4, -0.2) is 30.2 Å². The molecule has 0 unspecified atom stereocenters. The highest BCUT2D eigenvalue weighted by Gasteiger charge is 2.49. The summed E-state index contributed by atoms with van der Waals surface area (Å²) in [5.74, 6) is -0.356. The van der Waals surface area contributed by atoms with Crippen molar-refractivity contribution in [3.05, 3.63) is 53.4 Å². The van der Waals surface area contributed by atoms with Gasteiger partial charge in [-0.1, -0.05) is 18.6 Å². The van der Waals surface area contributed by atoms with Crippen molar-refractivity contribution in [1.82, 2.24) is 4.98 Å². The van der Waals surface area contributed by atoms with E-state index in [1.165, 1.54) is 17.7 Å². The van der Waals surface area contributed by atoms with Crippen molar-refractivity contribution in [3.63, 3.8) is 0 Å². The number of hydrogen-bond acceptors (Lipinski definition) is 6. The molecule has 3 heterocycles. The van der Waals surface area contributed by atoms with E-state index >= 15 is 0 Å². The molecule has 0 radical (unpaired) electrons. The second-order valence-corrected chi connectivity index (χ2v) is 10.9. The number of aryl methyl sites for hydroxylation is 1. The number of sulfone groups is 1. The Morgan fingerprint density at radius 1 is 1.28 bits per heavy atom. The van der Waals surface area contributed by atoms with Gasteiger partial charge in [-0.15, -0.1) is 11.3 Å². The Bertz CT molecular complexity index is 1150. The van der Waals surface area contributed by atoms with Crippen molar-refractivity contribution in [1.29, 1.82) is 0 Å². The highest BCUT2D eigenvalue weighted by atomic mass is 32.2. The molecular weight excluding hydrogens is 410 g/mol. The fourth-order valence-corrected chi connectivity index (χ4v) is 7.81. The largest absolute Gasteiger partial charge is 0.481 e.